The van der Waals surface area contributed by atoms with Crippen molar-refractivity contribution in [3.63, 3.8) is 0 Å². The van der Waals surface area contributed by atoms with Crippen LogP contribution in [0.1, 0.15) is 50.2 Å². The molecule has 21 heavy (non-hydrogen) atoms. The SMILES string of the molecule is CC(Cl)OC(=O)[C@@H](C)c1ccc(C[C@H]2CCC[C@@H]2O)cc1. The monoisotopic (exact) mass is 310 g/mol. The Morgan fingerprint density at radius 1 is 1.33 bits per heavy atom. The molecule has 1 aliphatic rings. The van der Waals surface area contributed by atoms with E-state index in [1.54, 1.807) is 6.92 Å². The first-order valence-electron chi connectivity index (χ1n) is 7.59. The molecule has 0 heterocycles. The number of halogens is 1. The van der Waals surface area contributed by atoms with Gasteiger partial charge in [-0.05, 0) is 50.2 Å². The molecule has 1 aromatic carbocycles. The molecule has 1 saturated carbocycles. The van der Waals surface area contributed by atoms with Crippen molar-refractivity contribution < 1.29 is 14.6 Å². The Labute approximate surface area is 131 Å². The maximum Gasteiger partial charge on any atom is 0.314 e. The number of benzene rings is 1. The number of rotatable bonds is 5. The molecule has 3 nitrogen and oxygen atoms in total. The third kappa shape index (κ3) is 4.45. The molecule has 116 valence electrons. The van der Waals surface area contributed by atoms with Gasteiger partial charge in [-0.25, -0.2) is 0 Å². The summed E-state index contributed by atoms with van der Waals surface area (Å²) in [6.45, 7) is 3.44. The number of esters is 1. The number of hydrogen-bond acceptors (Lipinski definition) is 3. The van der Waals surface area contributed by atoms with Gasteiger partial charge < -0.3 is 9.84 Å². The zero-order chi connectivity index (χ0) is 15.4. The van der Waals surface area contributed by atoms with Crippen LogP contribution in [-0.4, -0.2) is 22.7 Å². The van der Waals surface area contributed by atoms with Crippen molar-refractivity contribution >= 4 is 17.6 Å². The second kappa shape index (κ2) is 7.28. The summed E-state index contributed by atoms with van der Waals surface area (Å²) in [6, 6.07) is 7.99. The Morgan fingerprint density at radius 3 is 2.52 bits per heavy atom. The summed E-state index contributed by atoms with van der Waals surface area (Å²) in [7, 11) is 0. The lowest BCUT2D eigenvalue weighted by Gasteiger charge is -2.16. The zero-order valence-corrected chi connectivity index (χ0v) is 13.3. The van der Waals surface area contributed by atoms with Crippen molar-refractivity contribution in [2.24, 2.45) is 5.92 Å². The number of carbonyl (C=O) groups is 1. The van der Waals surface area contributed by atoms with Crippen LogP contribution in [0.3, 0.4) is 0 Å². The van der Waals surface area contributed by atoms with Gasteiger partial charge in [-0.3, -0.25) is 4.79 Å². The fourth-order valence-corrected chi connectivity index (χ4v) is 2.99. The van der Waals surface area contributed by atoms with E-state index in [0.717, 1.165) is 31.2 Å². The molecule has 0 saturated heterocycles. The van der Waals surface area contributed by atoms with Crippen molar-refractivity contribution in [2.75, 3.05) is 0 Å². The normalized spacial score (nSPS) is 24.6. The maximum absolute atomic E-state index is 11.8. The summed E-state index contributed by atoms with van der Waals surface area (Å²) >= 11 is 5.67. The number of aliphatic hydroxyl groups is 1. The van der Waals surface area contributed by atoms with E-state index < -0.39 is 5.56 Å². The summed E-state index contributed by atoms with van der Waals surface area (Å²) in [5.74, 6) is -0.260. The molecule has 0 aliphatic heterocycles. The first kappa shape index (κ1) is 16.3. The Hall–Kier alpha value is -1.06. The van der Waals surface area contributed by atoms with Crippen molar-refractivity contribution in [1.82, 2.24) is 0 Å². The van der Waals surface area contributed by atoms with Crippen molar-refractivity contribution in [2.45, 2.75) is 57.1 Å². The summed E-state index contributed by atoms with van der Waals surface area (Å²) < 4.78 is 5.01. The topological polar surface area (TPSA) is 46.5 Å². The number of alkyl halides is 1. The van der Waals surface area contributed by atoms with E-state index in [0.29, 0.717) is 5.92 Å². The van der Waals surface area contributed by atoms with Crippen LogP contribution in [0.25, 0.3) is 0 Å². The molecule has 4 atom stereocenters. The van der Waals surface area contributed by atoms with E-state index in [1.807, 2.05) is 31.2 Å². The third-order valence-electron chi connectivity index (χ3n) is 4.23. The summed E-state index contributed by atoms with van der Waals surface area (Å²) in [4.78, 5) is 11.8. The number of hydrogen-bond donors (Lipinski definition) is 1. The molecule has 1 N–H and O–H groups in total. The highest BCUT2D eigenvalue weighted by atomic mass is 35.5. The number of carbonyl (C=O) groups excluding carboxylic acids is 1. The van der Waals surface area contributed by atoms with Gasteiger partial charge >= 0.3 is 5.97 Å². The minimum atomic E-state index is -0.608. The molecule has 1 unspecified atom stereocenters. The molecule has 0 radical (unpaired) electrons. The average molecular weight is 311 g/mol. The molecule has 1 fully saturated rings. The molecule has 1 aromatic rings. The quantitative estimate of drug-likeness (QED) is 0.667. The summed E-state index contributed by atoms with van der Waals surface area (Å²) in [6.07, 6.45) is 3.87. The lowest BCUT2D eigenvalue weighted by atomic mass is 9.94. The zero-order valence-electron chi connectivity index (χ0n) is 12.6. The van der Waals surface area contributed by atoms with Crippen molar-refractivity contribution in [3.8, 4) is 0 Å². The van der Waals surface area contributed by atoms with Gasteiger partial charge in [-0.15, -0.1) is 0 Å². The predicted octanol–water partition coefficient (Wildman–Crippen LogP) is 3.62. The van der Waals surface area contributed by atoms with Gasteiger partial charge in [-0.2, -0.15) is 0 Å². The van der Waals surface area contributed by atoms with E-state index in [-0.39, 0.29) is 18.0 Å². The van der Waals surface area contributed by atoms with Crippen LogP contribution in [0.5, 0.6) is 0 Å². The van der Waals surface area contributed by atoms with Crippen LogP contribution in [-0.2, 0) is 16.0 Å². The molecular weight excluding hydrogens is 288 g/mol. The standard InChI is InChI=1S/C17H23ClO3/c1-11(17(20)21-12(2)18)14-8-6-13(7-9-14)10-15-4-3-5-16(15)19/h6-9,11-12,15-16,19H,3-5,10H2,1-2H3/t11-,12?,15+,16-/m0/s1. The van der Waals surface area contributed by atoms with Crippen LogP contribution in [0.4, 0.5) is 0 Å². The summed E-state index contributed by atoms with van der Waals surface area (Å²) in [5, 5.41) is 9.88. The molecule has 0 bridgehead atoms. The lowest BCUT2D eigenvalue weighted by molar-refractivity contribution is -0.146. The van der Waals surface area contributed by atoms with Gasteiger partial charge in [0.15, 0.2) is 5.56 Å². The van der Waals surface area contributed by atoms with Gasteiger partial charge in [0.05, 0.1) is 12.0 Å². The highest BCUT2D eigenvalue weighted by Gasteiger charge is 2.25. The molecule has 4 heteroatoms. The van der Waals surface area contributed by atoms with Crippen LogP contribution < -0.4 is 0 Å². The molecule has 0 aromatic heterocycles. The van der Waals surface area contributed by atoms with Crippen LogP contribution in [0.2, 0.25) is 0 Å². The predicted molar refractivity (Wildman–Crippen MR) is 83.3 cm³/mol. The van der Waals surface area contributed by atoms with Gasteiger partial charge in [0.2, 0.25) is 0 Å². The fourth-order valence-electron chi connectivity index (χ4n) is 2.90. The van der Waals surface area contributed by atoms with E-state index in [4.69, 9.17) is 16.3 Å². The van der Waals surface area contributed by atoms with Gasteiger partial charge in [-0.1, -0.05) is 42.3 Å². The number of ether oxygens (including phenoxy) is 1. The Morgan fingerprint density at radius 2 is 2.00 bits per heavy atom. The smallest absolute Gasteiger partial charge is 0.314 e. The average Bonchev–Trinajstić information content (AvgIpc) is 2.83. The van der Waals surface area contributed by atoms with Gasteiger partial charge in [0, 0.05) is 0 Å². The summed E-state index contributed by atoms with van der Waals surface area (Å²) in [5.41, 5.74) is 1.52. The van der Waals surface area contributed by atoms with Gasteiger partial charge in [0.1, 0.15) is 0 Å². The molecule has 0 spiro atoms. The second-order valence-corrected chi connectivity index (χ2v) is 6.52. The molecule has 1 aliphatic carbocycles. The van der Waals surface area contributed by atoms with Crippen LogP contribution in [0, 0.1) is 5.92 Å². The fraction of sp³-hybridized carbons (Fsp3) is 0.588. The first-order chi connectivity index (χ1) is 9.97. The second-order valence-electron chi connectivity index (χ2n) is 5.91. The molecule has 0 amide bonds. The first-order valence-corrected chi connectivity index (χ1v) is 8.02. The number of aliphatic hydroxyl groups excluding tert-OH is 1. The van der Waals surface area contributed by atoms with Crippen LogP contribution in [0.15, 0.2) is 24.3 Å². The van der Waals surface area contributed by atoms with E-state index in [1.165, 1.54) is 5.56 Å². The molecule has 2 rings (SSSR count). The third-order valence-corrected chi connectivity index (χ3v) is 4.32. The van der Waals surface area contributed by atoms with E-state index in [9.17, 15) is 9.90 Å². The van der Waals surface area contributed by atoms with E-state index in [2.05, 4.69) is 0 Å². The highest BCUT2D eigenvalue weighted by Crippen LogP contribution is 2.29. The van der Waals surface area contributed by atoms with Crippen molar-refractivity contribution in [3.05, 3.63) is 35.4 Å². The van der Waals surface area contributed by atoms with Crippen LogP contribution >= 0.6 is 11.6 Å². The molecular formula is C17H23ClO3. The maximum atomic E-state index is 11.8. The largest absolute Gasteiger partial charge is 0.446 e. The van der Waals surface area contributed by atoms with Gasteiger partial charge in [0.25, 0.3) is 0 Å². The Balaban J connectivity index is 1.96. The Kier molecular flexibility index (Phi) is 5.65. The van der Waals surface area contributed by atoms with E-state index >= 15 is 0 Å². The minimum absolute atomic E-state index is 0.163. The Bertz CT molecular complexity index is 469. The highest BCUT2D eigenvalue weighted by molar-refractivity contribution is 6.20. The van der Waals surface area contributed by atoms with Crippen molar-refractivity contribution in [1.29, 1.82) is 0 Å². The lowest BCUT2D eigenvalue weighted by Crippen LogP contribution is -2.17. The minimum Gasteiger partial charge on any atom is -0.446 e.